The van der Waals surface area contributed by atoms with Gasteiger partial charge in [0.2, 0.25) is 0 Å². The minimum atomic E-state index is 0.0800. The molecule has 4 heteroatoms. The number of para-hydroxylation sites is 1. The van der Waals surface area contributed by atoms with Gasteiger partial charge in [-0.15, -0.1) is 0 Å². The number of hydrogen-bond acceptors (Lipinski definition) is 4. The van der Waals surface area contributed by atoms with Crippen molar-refractivity contribution in [2.75, 3.05) is 26.3 Å². The minimum Gasteiger partial charge on any atom is -0.489 e. The Morgan fingerprint density at radius 3 is 2.84 bits per heavy atom. The fourth-order valence-electron chi connectivity index (χ4n) is 3.24. The van der Waals surface area contributed by atoms with Gasteiger partial charge in [0, 0.05) is 31.2 Å². The van der Waals surface area contributed by atoms with Crippen molar-refractivity contribution in [3.8, 4) is 5.75 Å². The first kappa shape index (κ1) is 16.1. The largest absolute Gasteiger partial charge is 0.489 e. The predicted molar refractivity (Wildman–Crippen MR) is 98.7 cm³/mol. The highest BCUT2D eigenvalue weighted by Crippen LogP contribution is 2.23. The zero-order valence-electron chi connectivity index (χ0n) is 14.2. The van der Waals surface area contributed by atoms with Crippen LogP contribution in [0.25, 0.3) is 10.9 Å². The highest BCUT2D eigenvalue weighted by Gasteiger charge is 2.21. The van der Waals surface area contributed by atoms with Crippen molar-refractivity contribution in [1.82, 2.24) is 9.88 Å². The second kappa shape index (κ2) is 7.64. The van der Waals surface area contributed by atoms with Crippen LogP contribution >= 0.6 is 0 Å². The first-order chi connectivity index (χ1) is 12.4. The van der Waals surface area contributed by atoms with Crippen molar-refractivity contribution in [3.05, 3.63) is 72.4 Å². The molecular formula is C21H22N2O2. The van der Waals surface area contributed by atoms with E-state index in [4.69, 9.17) is 9.47 Å². The molecule has 0 radical (unpaired) electrons. The Bertz CT molecular complexity index is 817. The Labute approximate surface area is 148 Å². The smallest absolute Gasteiger partial charge is 0.145 e. The third-order valence-corrected chi connectivity index (χ3v) is 4.49. The first-order valence-corrected chi connectivity index (χ1v) is 8.73. The highest BCUT2D eigenvalue weighted by atomic mass is 16.5. The maximum absolute atomic E-state index is 6.04. The Hall–Kier alpha value is -2.43. The minimum absolute atomic E-state index is 0.0800. The third-order valence-electron chi connectivity index (χ3n) is 4.49. The second-order valence-electron chi connectivity index (χ2n) is 6.36. The van der Waals surface area contributed by atoms with Gasteiger partial charge in [0.1, 0.15) is 24.0 Å². The van der Waals surface area contributed by atoms with Gasteiger partial charge in [-0.1, -0.05) is 48.5 Å². The number of fused-ring (bicyclic) bond motifs is 1. The van der Waals surface area contributed by atoms with Gasteiger partial charge in [-0.05, 0) is 17.7 Å². The number of benzene rings is 2. The molecule has 1 atom stereocenters. The molecule has 0 saturated carbocycles. The van der Waals surface area contributed by atoms with Crippen molar-refractivity contribution in [3.63, 3.8) is 0 Å². The summed E-state index contributed by atoms with van der Waals surface area (Å²) in [6, 6.07) is 20.6. The number of rotatable bonds is 5. The topological polar surface area (TPSA) is 34.6 Å². The zero-order valence-corrected chi connectivity index (χ0v) is 14.2. The van der Waals surface area contributed by atoms with Crippen LogP contribution in [0.3, 0.4) is 0 Å². The van der Waals surface area contributed by atoms with E-state index in [1.54, 1.807) is 6.20 Å². The van der Waals surface area contributed by atoms with E-state index in [1.807, 2.05) is 30.3 Å². The van der Waals surface area contributed by atoms with Gasteiger partial charge >= 0.3 is 0 Å². The second-order valence-corrected chi connectivity index (χ2v) is 6.36. The molecule has 2 aromatic carbocycles. The van der Waals surface area contributed by atoms with Crippen LogP contribution in [-0.4, -0.2) is 42.3 Å². The fourth-order valence-corrected chi connectivity index (χ4v) is 3.24. The van der Waals surface area contributed by atoms with Crippen LogP contribution in [0.4, 0.5) is 0 Å². The average Bonchev–Trinajstić information content (AvgIpc) is 2.67. The van der Waals surface area contributed by atoms with Crippen LogP contribution in [0.5, 0.6) is 5.75 Å². The molecule has 1 aliphatic rings. The van der Waals surface area contributed by atoms with Crippen LogP contribution < -0.4 is 4.74 Å². The molecule has 25 heavy (non-hydrogen) atoms. The van der Waals surface area contributed by atoms with Crippen LogP contribution in [-0.2, 0) is 11.3 Å². The Morgan fingerprint density at radius 1 is 1.04 bits per heavy atom. The van der Waals surface area contributed by atoms with Gasteiger partial charge < -0.3 is 9.47 Å². The average molecular weight is 334 g/mol. The van der Waals surface area contributed by atoms with E-state index in [9.17, 15) is 0 Å². The quantitative estimate of drug-likeness (QED) is 0.715. The molecule has 4 rings (SSSR count). The van der Waals surface area contributed by atoms with Gasteiger partial charge in [-0.2, -0.15) is 0 Å². The van der Waals surface area contributed by atoms with E-state index >= 15 is 0 Å². The lowest BCUT2D eigenvalue weighted by Crippen LogP contribution is -2.44. The summed E-state index contributed by atoms with van der Waals surface area (Å²) in [5, 5.41) is 1.09. The summed E-state index contributed by atoms with van der Waals surface area (Å²) in [7, 11) is 0. The predicted octanol–water partition coefficient (Wildman–Crippen LogP) is 3.51. The van der Waals surface area contributed by atoms with Crippen LogP contribution in [0.2, 0.25) is 0 Å². The maximum atomic E-state index is 6.04. The third kappa shape index (κ3) is 3.98. The lowest BCUT2D eigenvalue weighted by atomic mass is 10.2. The number of aromatic nitrogens is 1. The van der Waals surface area contributed by atoms with E-state index in [-0.39, 0.29) is 6.10 Å². The summed E-state index contributed by atoms with van der Waals surface area (Å²) in [5.74, 6) is 0.821. The SMILES string of the molecule is c1ccc(CN2CCO[C@H](COc3cccc4cccnc34)C2)cc1. The molecule has 1 fully saturated rings. The Morgan fingerprint density at radius 2 is 1.92 bits per heavy atom. The summed E-state index contributed by atoms with van der Waals surface area (Å²) in [6.07, 6.45) is 1.88. The zero-order chi connectivity index (χ0) is 16.9. The normalized spacial score (nSPS) is 18.3. The first-order valence-electron chi connectivity index (χ1n) is 8.73. The van der Waals surface area contributed by atoms with E-state index < -0.39 is 0 Å². The van der Waals surface area contributed by atoms with Gasteiger partial charge in [0.25, 0.3) is 0 Å². The summed E-state index contributed by atoms with van der Waals surface area (Å²) in [4.78, 5) is 6.86. The summed E-state index contributed by atoms with van der Waals surface area (Å²) in [5.41, 5.74) is 2.24. The van der Waals surface area contributed by atoms with Crippen molar-refractivity contribution in [1.29, 1.82) is 0 Å². The number of nitrogens with zero attached hydrogens (tertiary/aromatic N) is 2. The van der Waals surface area contributed by atoms with E-state index in [2.05, 4.69) is 40.2 Å². The molecule has 0 N–H and O–H groups in total. The van der Waals surface area contributed by atoms with Crippen molar-refractivity contribution in [2.45, 2.75) is 12.6 Å². The van der Waals surface area contributed by atoms with Gasteiger partial charge in [0.15, 0.2) is 0 Å². The van der Waals surface area contributed by atoms with E-state index in [1.165, 1.54) is 5.56 Å². The molecule has 1 saturated heterocycles. The lowest BCUT2D eigenvalue weighted by Gasteiger charge is -2.32. The molecule has 0 aliphatic carbocycles. The summed E-state index contributed by atoms with van der Waals surface area (Å²) < 4.78 is 11.9. The summed E-state index contributed by atoms with van der Waals surface area (Å²) >= 11 is 0. The molecule has 0 spiro atoms. The standard InChI is InChI=1S/C21H22N2O2/c1-2-6-17(7-3-1)14-23-12-13-24-19(15-23)16-25-20-10-4-8-18-9-5-11-22-21(18)20/h1-11,19H,12-16H2/t19-/m0/s1. The Balaban J connectivity index is 1.37. The van der Waals surface area contributed by atoms with Crippen molar-refractivity contribution in [2.24, 2.45) is 0 Å². The van der Waals surface area contributed by atoms with Gasteiger partial charge in [-0.25, -0.2) is 0 Å². The maximum Gasteiger partial charge on any atom is 0.145 e. The molecule has 0 bridgehead atoms. The van der Waals surface area contributed by atoms with Crippen molar-refractivity contribution >= 4 is 10.9 Å². The van der Waals surface area contributed by atoms with Gasteiger partial charge in [-0.3, -0.25) is 9.88 Å². The van der Waals surface area contributed by atoms with Crippen molar-refractivity contribution < 1.29 is 9.47 Å². The lowest BCUT2D eigenvalue weighted by molar-refractivity contribution is -0.0502. The van der Waals surface area contributed by atoms with Gasteiger partial charge in [0.05, 0.1) is 6.61 Å². The molecule has 2 heterocycles. The van der Waals surface area contributed by atoms with Crippen LogP contribution in [0, 0.1) is 0 Å². The number of ether oxygens (including phenoxy) is 2. The number of pyridine rings is 1. The molecule has 1 aliphatic heterocycles. The Kier molecular flexibility index (Phi) is 4.91. The molecule has 0 unspecified atom stereocenters. The number of morpholine rings is 1. The van der Waals surface area contributed by atoms with E-state index in [0.717, 1.165) is 42.9 Å². The molecule has 3 aromatic rings. The fraction of sp³-hybridized carbons (Fsp3) is 0.286. The van der Waals surface area contributed by atoms with Crippen LogP contribution in [0.15, 0.2) is 66.9 Å². The molecule has 1 aromatic heterocycles. The molecular weight excluding hydrogens is 312 g/mol. The van der Waals surface area contributed by atoms with Crippen LogP contribution in [0.1, 0.15) is 5.56 Å². The summed E-state index contributed by atoms with van der Waals surface area (Å²) in [6.45, 7) is 4.08. The molecule has 4 nitrogen and oxygen atoms in total. The monoisotopic (exact) mass is 334 g/mol. The molecule has 0 amide bonds. The van der Waals surface area contributed by atoms with E-state index in [0.29, 0.717) is 6.61 Å². The number of hydrogen-bond donors (Lipinski definition) is 0. The highest BCUT2D eigenvalue weighted by molar-refractivity contribution is 5.84. The molecule has 128 valence electrons.